The molecule has 1 N–H and O–H groups in total. The van der Waals surface area contributed by atoms with Gasteiger partial charge in [0.2, 0.25) is 0 Å². The standard InChI is InChI=1S/C15H10BrClN2O2/c1-8-18-13-5-2-9(15(20)21)6-14(13)19(8)10-3-4-12(17)11(16)7-10/h2-7H,1H3,(H,20,21). The Hall–Kier alpha value is -1.85. The van der Waals surface area contributed by atoms with Crippen molar-refractivity contribution < 1.29 is 9.90 Å². The second kappa shape index (κ2) is 5.16. The van der Waals surface area contributed by atoms with Crippen LogP contribution in [0.15, 0.2) is 40.9 Å². The van der Waals surface area contributed by atoms with Crippen molar-refractivity contribution in [3.05, 3.63) is 57.3 Å². The highest BCUT2D eigenvalue weighted by Gasteiger charge is 2.13. The summed E-state index contributed by atoms with van der Waals surface area (Å²) in [7, 11) is 0. The van der Waals surface area contributed by atoms with Crippen LogP contribution >= 0.6 is 27.5 Å². The SMILES string of the molecule is Cc1nc2ccc(C(=O)O)cc2n1-c1ccc(Cl)c(Br)c1. The highest BCUT2D eigenvalue weighted by molar-refractivity contribution is 9.10. The molecule has 21 heavy (non-hydrogen) atoms. The Morgan fingerprint density at radius 3 is 2.71 bits per heavy atom. The predicted octanol–water partition coefficient (Wildman–Crippen LogP) is 4.45. The molecular formula is C15H10BrClN2O2. The van der Waals surface area contributed by atoms with Crippen LogP contribution in [0, 0.1) is 6.92 Å². The second-order valence-electron chi connectivity index (χ2n) is 4.60. The minimum Gasteiger partial charge on any atom is -0.478 e. The lowest BCUT2D eigenvalue weighted by Crippen LogP contribution is -1.99. The van der Waals surface area contributed by atoms with Crippen molar-refractivity contribution in [3.8, 4) is 5.69 Å². The average Bonchev–Trinajstić information content (AvgIpc) is 2.77. The normalized spacial score (nSPS) is 11.0. The first-order chi connectivity index (χ1) is 9.97. The largest absolute Gasteiger partial charge is 0.478 e. The summed E-state index contributed by atoms with van der Waals surface area (Å²) in [6, 6.07) is 10.4. The summed E-state index contributed by atoms with van der Waals surface area (Å²) in [6.45, 7) is 1.88. The summed E-state index contributed by atoms with van der Waals surface area (Å²) < 4.78 is 2.68. The lowest BCUT2D eigenvalue weighted by atomic mass is 10.2. The molecule has 2 aromatic carbocycles. The van der Waals surface area contributed by atoms with Gasteiger partial charge in [0.05, 0.1) is 21.6 Å². The third-order valence-electron chi connectivity index (χ3n) is 3.23. The van der Waals surface area contributed by atoms with E-state index in [1.165, 1.54) is 0 Å². The van der Waals surface area contributed by atoms with Gasteiger partial charge in [0, 0.05) is 10.2 Å². The van der Waals surface area contributed by atoms with Gasteiger partial charge >= 0.3 is 5.97 Å². The summed E-state index contributed by atoms with van der Waals surface area (Å²) in [5.41, 5.74) is 2.61. The number of aromatic carboxylic acids is 1. The fraction of sp³-hybridized carbons (Fsp3) is 0.0667. The number of hydrogen-bond acceptors (Lipinski definition) is 2. The number of aryl methyl sites for hydroxylation is 1. The Labute approximate surface area is 134 Å². The summed E-state index contributed by atoms with van der Waals surface area (Å²) >= 11 is 9.42. The molecule has 1 heterocycles. The van der Waals surface area contributed by atoms with Crippen LogP contribution in [0.25, 0.3) is 16.7 Å². The van der Waals surface area contributed by atoms with E-state index in [4.69, 9.17) is 16.7 Å². The number of aromatic nitrogens is 2. The Kier molecular flexibility index (Phi) is 3.47. The van der Waals surface area contributed by atoms with Crippen LogP contribution in [0.2, 0.25) is 5.02 Å². The molecule has 0 saturated heterocycles. The first-order valence-corrected chi connectivity index (χ1v) is 7.32. The van der Waals surface area contributed by atoms with Gasteiger partial charge in [-0.3, -0.25) is 4.57 Å². The highest BCUT2D eigenvalue weighted by Crippen LogP contribution is 2.28. The third-order valence-corrected chi connectivity index (χ3v) is 4.44. The Bertz CT molecular complexity index is 873. The molecule has 106 valence electrons. The zero-order valence-corrected chi connectivity index (χ0v) is 13.3. The quantitative estimate of drug-likeness (QED) is 0.730. The molecule has 1 aromatic heterocycles. The van der Waals surface area contributed by atoms with Crippen molar-refractivity contribution in [2.75, 3.05) is 0 Å². The number of halogens is 2. The molecule has 0 aliphatic heterocycles. The number of carboxylic acid groups (broad SMARTS) is 1. The van der Waals surface area contributed by atoms with E-state index < -0.39 is 5.97 Å². The van der Waals surface area contributed by atoms with Crippen molar-refractivity contribution in [2.24, 2.45) is 0 Å². The van der Waals surface area contributed by atoms with E-state index in [9.17, 15) is 4.79 Å². The number of nitrogens with zero attached hydrogens (tertiary/aromatic N) is 2. The molecule has 0 fully saturated rings. The molecular weight excluding hydrogens is 356 g/mol. The lowest BCUT2D eigenvalue weighted by molar-refractivity contribution is 0.0697. The highest BCUT2D eigenvalue weighted by atomic mass is 79.9. The molecule has 0 amide bonds. The first-order valence-electron chi connectivity index (χ1n) is 6.15. The molecule has 0 saturated carbocycles. The second-order valence-corrected chi connectivity index (χ2v) is 5.86. The number of hydrogen-bond donors (Lipinski definition) is 1. The van der Waals surface area contributed by atoms with Crippen molar-refractivity contribution in [2.45, 2.75) is 6.92 Å². The first kappa shape index (κ1) is 14.1. The van der Waals surface area contributed by atoms with Gasteiger partial charge in [-0.25, -0.2) is 9.78 Å². The lowest BCUT2D eigenvalue weighted by Gasteiger charge is -2.08. The van der Waals surface area contributed by atoms with Gasteiger partial charge in [-0.05, 0) is 59.3 Å². The van der Waals surface area contributed by atoms with Crippen LogP contribution in [0.5, 0.6) is 0 Å². The van der Waals surface area contributed by atoms with E-state index in [0.29, 0.717) is 5.02 Å². The average molecular weight is 366 g/mol. The summed E-state index contributed by atoms with van der Waals surface area (Å²) in [4.78, 5) is 15.6. The van der Waals surface area contributed by atoms with Gasteiger partial charge in [-0.15, -0.1) is 0 Å². The summed E-state index contributed by atoms with van der Waals surface area (Å²) in [6.07, 6.45) is 0. The van der Waals surface area contributed by atoms with Crippen LogP contribution in [-0.2, 0) is 0 Å². The van der Waals surface area contributed by atoms with Crippen molar-refractivity contribution in [1.82, 2.24) is 9.55 Å². The van der Waals surface area contributed by atoms with E-state index >= 15 is 0 Å². The molecule has 4 nitrogen and oxygen atoms in total. The van der Waals surface area contributed by atoms with Crippen LogP contribution in [-0.4, -0.2) is 20.6 Å². The molecule has 0 radical (unpaired) electrons. The maximum absolute atomic E-state index is 11.1. The molecule has 0 spiro atoms. The number of imidazole rings is 1. The van der Waals surface area contributed by atoms with Gasteiger partial charge < -0.3 is 5.11 Å². The van der Waals surface area contributed by atoms with Crippen molar-refractivity contribution >= 4 is 44.5 Å². The molecule has 0 aliphatic rings. The zero-order chi connectivity index (χ0) is 15.1. The minimum absolute atomic E-state index is 0.233. The smallest absolute Gasteiger partial charge is 0.335 e. The molecule has 0 aliphatic carbocycles. The van der Waals surface area contributed by atoms with E-state index in [2.05, 4.69) is 20.9 Å². The summed E-state index contributed by atoms with van der Waals surface area (Å²) in [5.74, 6) is -0.179. The van der Waals surface area contributed by atoms with E-state index in [-0.39, 0.29) is 5.56 Å². The number of fused-ring (bicyclic) bond motifs is 1. The zero-order valence-electron chi connectivity index (χ0n) is 11.0. The maximum atomic E-state index is 11.1. The van der Waals surface area contributed by atoms with E-state index in [1.54, 1.807) is 24.3 Å². The monoisotopic (exact) mass is 364 g/mol. The summed E-state index contributed by atoms with van der Waals surface area (Å²) in [5, 5.41) is 9.76. The topological polar surface area (TPSA) is 55.1 Å². The van der Waals surface area contributed by atoms with Crippen molar-refractivity contribution in [1.29, 1.82) is 0 Å². The van der Waals surface area contributed by atoms with Crippen LogP contribution in [0.3, 0.4) is 0 Å². The van der Waals surface area contributed by atoms with Gasteiger partial charge in [0.25, 0.3) is 0 Å². The Morgan fingerprint density at radius 1 is 1.29 bits per heavy atom. The fourth-order valence-corrected chi connectivity index (χ4v) is 2.76. The van der Waals surface area contributed by atoms with Gasteiger partial charge in [0.1, 0.15) is 5.82 Å². The number of carbonyl (C=O) groups is 1. The van der Waals surface area contributed by atoms with Gasteiger partial charge in [-0.1, -0.05) is 11.6 Å². The van der Waals surface area contributed by atoms with E-state index in [0.717, 1.165) is 27.0 Å². The van der Waals surface area contributed by atoms with Crippen LogP contribution in [0.4, 0.5) is 0 Å². The Morgan fingerprint density at radius 2 is 2.05 bits per heavy atom. The fourth-order valence-electron chi connectivity index (χ4n) is 2.28. The van der Waals surface area contributed by atoms with Gasteiger partial charge in [0.15, 0.2) is 0 Å². The Balaban J connectivity index is 2.29. The molecule has 0 bridgehead atoms. The molecule has 0 unspecified atom stereocenters. The van der Waals surface area contributed by atoms with Crippen LogP contribution in [0.1, 0.15) is 16.2 Å². The number of benzene rings is 2. The number of carboxylic acids is 1. The van der Waals surface area contributed by atoms with Gasteiger partial charge in [-0.2, -0.15) is 0 Å². The molecule has 3 aromatic rings. The maximum Gasteiger partial charge on any atom is 0.335 e. The number of rotatable bonds is 2. The molecule has 6 heteroatoms. The predicted molar refractivity (Wildman–Crippen MR) is 85.5 cm³/mol. The van der Waals surface area contributed by atoms with Crippen molar-refractivity contribution in [3.63, 3.8) is 0 Å². The molecule has 3 rings (SSSR count). The van der Waals surface area contributed by atoms with Crippen LogP contribution < -0.4 is 0 Å². The van der Waals surface area contributed by atoms with E-state index in [1.807, 2.05) is 23.6 Å². The minimum atomic E-state index is -0.959. The molecule has 0 atom stereocenters. The third kappa shape index (κ3) is 2.43.